The van der Waals surface area contributed by atoms with Crippen LogP contribution in [0, 0.1) is 0 Å². The van der Waals surface area contributed by atoms with E-state index in [2.05, 4.69) is 0 Å². The molecule has 0 atom stereocenters. The fourth-order valence-electron chi connectivity index (χ4n) is 0.794. The van der Waals surface area contributed by atoms with E-state index in [0.29, 0.717) is 6.20 Å². The molecule has 0 bridgehead atoms. The lowest BCUT2D eigenvalue weighted by Crippen LogP contribution is -2.15. The first-order valence-corrected chi connectivity index (χ1v) is 3.83. The van der Waals surface area contributed by atoms with Gasteiger partial charge in [-0.2, -0.15) is 13.2 Å². The molecule has 6 heteroatoms. The van der Waals surface area contributed by atoms with E-state index in [1.165, 1.54) is 0 Å². The second-order valence-corrected chi connectivity index (χ2v) is 2.64. The van der Waals surface area contributed by atoms with Crippen LogP contribution in [-0.2, 0) is 12.1 Å². The minimum Gasteiger partial charge on any atom is -0.328 e. The number of pyridine rings is 1. The summed E-state index contributed by atoms with van der Waals surface area (Å²) in [5, 5.41) is 0. The lowest BCUT2D eigenvalue weighted by Gasteiger charge is -2.06. The van der Waals surface area contributed by atoms with Gasteiger partial charge < -0.3 is 4.98 Å². The average Bonchev–Trinajstić information content (AvgIpc) is 2.03. The number of hydrogen-bond donors (Lipinski definition) is 1. The zero-order chi connectivity index (χ0) is 10.1. The van der Waals surface area contributed by atoms with Gasteiger partial charge in [0.05, 0.1) is 11.4 Å². The molecular formula is C7H5ClF3NO. The van der Waals surface area contributed by atoms with Crippen LogP contribution in [0.25, 0.3) is 0 Å². The minimum absolute atomic E-state index is 0.0866. The molecule has 0 saturated heterocycles. The lowest BCUT2D eigenvalue weighted by atomic mass is 10.2. The van der Waals surface area contributed by atoms with Crippen LogP contribution >= 0.6 is 11.6 Å². The highest BCUT2D eigenvalue weighted by molar-refractivity contribution is 6.17. The van der Waals surface area contributed by atoms with Crippen LogP contribution in [0.2, 0.25) is 0 Å². The monoisotopic (exact) mass is 211 g/mol. The molecule has 72 valence electrons. The molecule has 0 aliphatic carbocycles. The zero-order valence-electron chi connectivity index (χ0n) is 6.28. The van der Waals surface area contributed by atoms with Crippen molar-refractivity contribution in [3.63, 3.8) is 0 Å². The second kappa shape index (κ2) is 3.41. The Labute approximate surface area is 76.3 Å². The maximum atomic E-state index is 12.1. The second-order valence-electron chi connectivity index (χ2n) is 2.37. The SMILES string of the molecule is O=c1[nH]cc(C(F)(F)F)cc1CCl. The number of halogens is 4. The van der Waals surface area contributed by atoms with Gasteiger partial charge in [-0.3, -0.25) is 4.79 Å². The summed E-state index contributed by atoms with van der Waals surface area (Å²) < 4.78 is 36.2. The fraction of sp³-hybridized carbons (Fsp3) is 0.286. The molecule has 0 radical (unpaired) electrons. The highest BCUT2D eigenvalue weighted by Gasteiger charge is 2.31. The Balaban J connectivity index is 3.22. The Hall–Kier alpha value is -0.970. The number of hydrogen-bond acceptors (Lipinski definition) is 1. The van der Waals surface area contributed by atoms with Crippen molar-refractivity contribution in [3.05, 3.63) is 33.7 Å². The smallest absolute Gasteiger partial charge is 0.328 e. The Morgan fingerprint density at radius 2 is 2.08 bits per heavy atom. The lowest BCUT2D eigenvalue weighted by molar-refractivity contribution is -0.137. The first-order valence-electron chi connectivity index (χ1n) is 3.30. The van der Waals surface area contributed by atoms with Crippen molar-refractivity contribution in [1.82, 2.24) is 4.98 Å². The van der Waals surface area contributed by atoms with Gasteiger partial charge in [-0.15, -0.1) is 11.6 Å². The highest BCUT2D eigenvalue weighted by Crippen LogP contribution is 2.28. The molecule has 0 aliphatic rings. The number of H-pyrrole nitrogens is 1. The van der Waals surface area contributed by atoms with Crippen molar-refractivity contribution in [2.75, 3.05) is 0 Å². The van der Waals surface area contributed by atoms with Crippen LogP contribution in [0.15, 0.2) is 17.1 Å². The standard InChI is InChI=1S/C7H5ClF3NO/c8-2-4-1-5(7(9,10)11)3-12-6(4)13/h1,3H,2H2,(H,12,13). The zero-order valence-corrected chi connectivity index (χ0v) is 7.04. The number of aromatic nitrogens is 1. The average molecular weight is 212 g/mol. The number of nitrogens with one attached hydrogen (secondary N) is 1. The van der Waals surface area contributed by atoms with Crippen molar-refractivity contribution in [2.24, 2.45) is 0 Å². The van der Waals surface area contributed by atoms with Gasteiger partial charge in [0.25, 0.3) is 5.56 Å². The predicted molar refractivity (Wildman–Crippen MR) is 41.6 cm³/mol. The summed E-state index contributed by atoms with van der Waals surface area (Å²) in [5.74, 6) is -0.237. The van der Waals surface area contributed by atoms with Crippen molar-refractivity contribution in [1.29, 1.82) is 0 Å². The fourth-order valence-corrected chi connectivity index (χ4v) is 0.992. The van der Waals surface area contributed by atoms with E-state index in [1.54, 1.807) is 0 Å². The van der Waals surface area contributed by atoms with E-state index < -0.39 is 17.3 Å². The molecular weight excluding hydrogens is 207 g/mol. The Bertz CT molecular complexity index is 357. The van der Waals surface area contributed by atoms with Gasteiger partial charge >= 0.3 is 6.18 Å². The molecule has 1 N–H and O–H groups in total. The third kappa shape index (κ3) is 2.24. The number of aromatic amines is 1. The molecule has 0 aromatic carbocycles. The minimum atomic E-state index is -4.45. The number of alkyl halides is 4. The van der Waals surface area contributed by atoms with Crippen LogP contribution in [0.3, 0.4) is 0 Å². The largest absolute Gasteiger partial charge is 0.417 e. The van der Waals surface area contributed by atoms with E-state index >= 15 is 0 Å². The highest BCUT2D eigenvalue weighted by atomic mass is 35.5. The van der Waals surface area contributed by atoms with E-state index in [1.807, 2.05) is 4.98 Å². The molecule has 0 fully saturated rings. The van der Waals surface area contributed by atoms with E-state index in [0.717, 1.165) is 6.07 Å². The summed E-state index contributed by atoms with van der Waals surface area (Å²) in [7, 11) is 0. The first-order chi connectivity index (χ1) is 5.95. The van der Waals surface area contributed by atoms with E-state index in [4.69, 9.17) is 11.6 Å². The van der Waals surface area contributed by atoms with Gasteiger partial charge in [0, 0.05) is 11.8 Å². The molecule has 13 heavy (non-hydrogen) atoms. The molecule has 0 amide bonds. The summed E-state index contributed by atoms with van der Waals surface area (Å²) in [6, 6.07) is 0.742. The maximum absolute atomic E-state index is 12.1. The first kappa shape index (κ1) is 10.1. The molecule has 0 saturated carbocycles. The summed E-state index contributed by atoms with van der Waals surface area (Å²) in [5.41, 5.74) is -1.58. The van der Waals surface area contributed by atoms with Gasteiger partial charge in [0.2, 0.25) is 0 Å². The van der Waals surface area contributed by atoms with E-state index in [-0.39, 0.29) is 11.4 Å². The quantitative estimate of drug-likeness (QED) is 0.710. The van der Waals surface area contributed by atoms with Gasteiger partial charge in [0.1, 0.15) is 0 Å². The molecule has 1 aromatic rings. The normalized spacial score (nSPS) is 11.7. The Morgan fingerprint density at radius 1 is 1.46 bits per heavy atom. The predicted octanol–water partition coefficient (Wildman–Crippen LogP) is 2.13. The van der Waals surface area contributed by atoms with Crippen LogP contribution in [0.5, 0.6) is 0 Å². The third-order valence-electron chi connectivity index (χ3n) is 1.45. The molecule has 2 nitrogen and oxygen atoms in total. The Kier molecular flexibility index (Phi) is 2.66. The molecule has 0 aliphatic heterocycles. The molecule has 0 unspecified atom stereocenters. The van der Waals surface area contributed by atoms with Crippen LogP contribution in [0.1, 0.15) is 11.1 Å². The van der Waals surface area contributed by atoms with Crippen molar-refractivity contribution in [2.45, 2.75) is 12.1 Å². The van der Waals surface area contributed by atoms with Gasteiger partial charge in [-0.25, -0.2) is 0 Å². The molecule has 1 rings (SSSR count). The topological polar surface area (TPSA) is 32.9 Å². The summed E-state index contributed by atoms with van der Waals surface area (Å²) in [6.45, 7) is 0. The van der Waals surface area contributed by atoms with Crippen LogP contribution < -0.4 is 5.56 Å². The van der Waals surface area contributed by atoms with Crippen molar-refractivity contribution in [3.8, 4) is 0 Å². The van der Waals surface area contributed by atoms with Gasteiger partial charge in [0.15, 0.2) is 0 Å². The van der Waals surface area contributed by atoms with E-state index in [9.17, 15) is 18.0 Å². The summed E-state index contributed by atoms with van der Waals surface area (Å²) in [6.07, 6.45) is -3.83. The summed E-state index contributed by atoms with van der Waals surface area (Å²) in [4.78, 5) is 12.8. The maximum Gasteiger partial charge on any atom is 0.417 e. The van der Waals surface area contributed by atoms with Crippen molar-refractivity contribution >= 4 is 11.6 Å². The van der Waals surface area contributed by atoms with Gasteiger partial charge in [-0.05, 0) is 6.07 Å². The Morgan fingerprint density at radius 3 is 2.54 bits per heavy atom. The van der Waals surface area contributed by atoms with Gasteiger partial charge in [-0.1, -0.05) is 0 Å². The van der Waals surface area contributed by atoms with Crippen LogP contribution in [0.4, 0.5) is 13.2 Å². The number of rotatable bonds is 1. The van der Waals surface area contributed by atoms with Crippen LogP contribution in [-0.4, -0.2) is 4.98 Å². The third-order valence-corrected chi connectivity index (χ3v) is 1.74. The van der Waals surface area contributed by atoms with Crippen molar-refractivity contribution < 1.29 is 13.2 Å². The molecule has 1 aromatic heterocycles. The molecule has 1 heterocycles. The molecule has 0 spiro atoms. The summed E-state index contributed by atoms with van der Waals surface area (Å²) >= 11 is 5.27.